The van der Waals surface area contributed by atoms with Crippen molar-refractivity contribution < 1.29 is 4.79 Å². The number of carbonyl (C=O) groups is 1. The highest BCUT2D eigenvalue weighted by Crippen LogP contribution is 2.36. The summed E-state index contributed by atoms with van der Waals surface area (Å²) in [5, 5.41) is 4.19. The number of hydrogen-bond donors (Lipinski definition) is 1. The molecule has 0 radical (unpaired) electrons. The SMILES string of the molecule is C=C=C(CCCC)CC1(Cc2ccccc2)C(=O)NN=C1C. The first-order valence-electron chi connectivity index (χ1n) is 7.89. The second-order valence-corrected chi connectivity index (χ2v) is 5.94. The number of benzene rings is 1. The van der Waals surface area contributed by atoms with Crippen LogP contribution in [0.1, 0.15) is 45.1 Å². The highest BCUT2D eigenvalue weighted by Gasteiger charge is 2.45. The molecule has 3 heteroatoms. The number of amides is 1. The minimum atomic E-state index is -0.602. The average molecular weight is 296 g/mol. The van der Waals surface area contributed by atoms with E-state index in [9.17, 15) is 4.79 Å². The van der Waals surface area contributed by atoms with E-state index in [1.165, 1.54) is 0 Å². The van der Waals surface area contributed by atoms with Crippen LogP contribution in [0, 0.1) is 5.41 Å². The molecule has 0 spiro atoms. The average Bonchev–Trinajstić information content (AvgIpc) is 2.81. The van der Waals surface area contributed by atoms with E-state index in [-0.39, 0.29) is 5.91 Å². The Morgan fingerprint density at radius 2 is 2.09 bits per heavy atom. The van der Waals surface area contributed by atoms with Gasteiger partial charge in [0.1, 0.15) is 0 Å². The van der Waals surface area contributed by atoms with Crippen molar-refractivity contribution >= 4 is 11.6 Å². The molecule has 3 nitrogen and oxygen atoms in total. The Morgan fingerprint density at radius 3 is 2.64 bits per heavy atom. The fourth-order valence-electron chi connectivity index (χ4n) is 2.93. The number of allylic oxidation sites excluding steroid dienone is 1. The lowest BCUT2D eigenvalue weighted by molar-refractivity contribution is -0.126. The third-order valence-corrected chi connectivity index (χ3v) is 4.40. The molecule has 0 aromatic heterocycles. The molecule has 2 rings (SSSR count). The van der Waals surface area contributed by atoms with Gasteiger partial charge >= 0.3 is 0 Å². The number of nitrogens with one attached hydrogen (secondary N) is 1. The number of unbranched alkanes of at least 4 members (excludes halogenated alkanes) is 1. The summed E-state index contributed by atoms with van der Waals surface area (Å²) in [7, 11) is 0. The third-order valence-electron chi connectivity index (χ3n) is 4.40. The van der Waals surface area contributed by atoms with Gasteiger partial charge in [0.05, 0.1) is 11.1 Å². The first kappa shape index (κ1) is 16.3. The second-order valence-electron chi connectivity index (χ2n) is 5.94. The molecule has 1 aromatic rings. The number of hydrazone groups is 1. The molecular weight excluding hydrogens is 272 g/mol. The highest BCUT2D eigenvalue weighted by atomic mass is 16.2. The smallest absolute Gasteiger partial charge is 0.252 e. The molecule has 1 aliphatic rings. The summed E-state index contributed by atoms with van der Waals surface area (Å²) < 4.78 is 0. The summed E-state index contributed by atoms with van der Waals surface area (Å²) in [6.45, 7) is 7.90. The topological polar surface area (TPSA) is 41.5 Å². The van der Waals surface area contributed by atoms with Gasteiger partial charge < -0.3 is 0 Å². The minimum Gasteiger partial charge on any atom is -0.272 e. The van der Waals surface area contributed by atoms with Crippen LogP contribution in [0.15, 0.2) is 53.3 Å². The van der Waals surface area contributed by atoms with Gasteiger partial charge in [0.25, 0.3) is 5.91 Å². The Morgan fingerprint density at radius 1 is 1.36 bits per heavy atom. The zero-order chi connectivity index (χ0) is 16.0. The molecule has 1 atom stereocenters. The molecular formula is C19H24N2O. The molecule has 0 bridgehead atoms. The summed E-state index contributed by atoms with van der Waals surface area (Å²) in [4.78, 5) is 12.5. The third kappa shape index (κ3) is 3.37. The number of nitrogens with zero attached hydrogens (tertiary/aromatic N) is 1. The van der Waals surface area contributed by atoms with Crippen LogP contribution in [0.4, 0.5) is 0 Å². The van der Waals surface area contributed by atoms with Gasteiger partial charge in [-0.15, -0.1) is 5.73 Å². The van der Waals surface area contributed by atoms with Crippen LogP contribution in [0.3, 0.4) is 0 Å². The standard InChI is InChI=1S/C19H24N2O/c1-4-6-10-16(5-2)13-19(15(3)20-21-18(19)22)14-17-11-8-7-9-12-17/h7-9,11-12H,2,4,6,10,13-14H2,1,3H3,(H,21,22). The fourth-order valence-corrected chi connectivity index (χ4v) is 2.93. The van der Waals surface area contributed by atoms with Gasteiger partial charge in [-0.05, 0) is 43.7 Å². The Bertz CT molecular complexity index is 612. The van der Waals surface area contributed by atoms with Crippen molar-refractivity contribution in [2.75, 3.05) is 0 Å². The molecule has 1 aliphatic heterocycles. The van der Waals surface area contributed by atoms with E-state index in [1.54, 1.807) is 0 Å². The lowest BCUT2D eigenvalue weighted by atomic mass is 9.72. The van der Waals surface area contributed by atoms with Crippen LogP contribution in [0.2, 0.25) is 0 Å². The summed E-state index contributed by atoms with van der Waals surface area (Å²) in [5.41, 5.74) is 8.21. The summed E-state index contributed by atoms with van der Waals surface area (Å²) >= 11 is 0. The minimum absolute atomic E-state index is 0.0156. The molecule has 1 N–H and O–H groups in total. The first-order chi connectivity index (χ1) is 10.6. The molecule has 22 heavy (non-hydrogen) atoms. The van der Waals surface area contributed by atoms with E-state index in [0.717, 1.165) is 36.1 Å². The summed E-state index contributed by atoms with van der Waals surface area (Å²) in [6, 6.07) is 10.1. The van der Waals surface area contributed by atoms with Gasteiger partial charge in [0.2, 0.25) is 0 Å². The number of rotatable bonds is 7. The Kier molecular flexibility index (Phi) is 5.35. The molecule has 0 saturated heterocycles. The van der Waals surface area contributed by atoms with Gasteiger partial charge in [0, 0.05) is 0 Å². The van der Waals surface area contributed by atoms with Crippen molar-refractivity contribution in [1.29, 1.82) is 0 Å². The largest absolute Gasteiger partial charge is 0.272 e. The van der Waals surface area contributed by atoms with Crippen LogP contribution in [-0.2, 0) is 11.2 Å². The van der Waals surface area contributed by atoms with Crippen molar-refractivity contribution in [2.45, 2.75) is 46.0 Å². The fraction of sp³-hybridized carbons (Fsp3) is 0.421. The number of hydrogen-bond acceptors (Lipinski definition) is 2. The van der Waals surface area contributed by atoms with E-state index < -0.39 is 5.41 Å². The Balaban J connectivity index is 2.29. The van der Waals surface area contributed by atoms with Gasteiger partial charge in [0.15, 0.2) is 0 Å². The van der Waals surface area contributed by atoms with Crippen LogP contribution >= 0.6 is 0 Å². The van der Waals surface area contributed by atoms with Gasteiger partial charge in [-0.1, -0.05) is 50.3 Å². The lowest BCUT2D eigenvalue weighted by Gasteiger charge is -2.27. The van der Waals surface area contributed by atoms with Crippen LogP contribution in [-0.4, -0.2) is 11.6 Å². The summed E-state index contributed by atoms with van der Waals surface area (Å²) in [5.74, 6) is -0.0156. The van der Waals surface area contributed by atoms with Gasteiger partial charge in [-0.25, -0.2) is 5.43 Å². The predicted molar refractivity (Wildman–Crippen MR) is 90.6 cm³/mol. The van der Waals surface area contributed by atoms with Crippen LogP contribution in [0.25, 0.3) is 0 Å². The summed E-state index contributed by atoms with van der Waals surface area (Å²) in [6.07, 6.45) is 4.46. The molecule has 1 aromatic carbocycles. The van der Waals surface area contributed by atoms with Crippen LogP contribution in [0.5, 0.6) is 0 Å². The predicted octanol–water partition coefficient (Wildman–Crippen LogP) is 4.01. The highest BCUT2D eigenvalue weighted by molar-refractivity contribution is 6.11. The van der Waals surface area contributed by atoms with Crippen LogP contribution < -0.4 is 5.43 Å². The van der Waals surface area contributed by atoms with Crippen molar-refractivity contribution in [3.63, 3.8) is 0 Å². The molecule has 1 unspecified atom stereocenters. The maximum absolute atomic E-state index is 12.5. The van der Waals surface area contributed by atoms with E-state index in [0.29, 0.717) is 12.8 Å². The van der Waals surface area contributed by atoms with Crippen molar-refractivity contribution in [2.24, 2.45) is 10.5 Å². The van der Waals surface area contributed by atoms with E-state index in [4.69, 9.17) is 0 Å². The van der Waals surface area contributed by atoms with Crippen molar-refractivity contribution in [1.82, 2.24) is 5.43 Å². The number of carbonyl (C=O) groups excluding carboxylic acids is 1. The van der Waals surface area contributed by atoms with E-state index in [1.807, 2.05) is 25.1 Å². The van der Waals surface area contributed by atoms with Crippen molar-refractivity contribution in [3.05, 3.63) is 53.8 Å². The lowest BCUT2D eigenvalue weighted by Crippen LogP contribution is -2.39. The molecule has 0 saturated carbocycles. The van der Waals surface area contributed by atoms with E-state index >= 15 is 0 Å². The van der Waals surface area contributed by atoms with Gasteiger partial charge in [-0.2, -0.15) is 5.10 Å². The first-order valence-corrected chi connectivity index (χ1v) is 7.89. The normalized spacial score (nSPS) is 20.3. The molecule has 0 aliphatic carbocycles. The molecule has 1 heterocycles. The van der Waals surface area contributed by atoms with Gasteiger partial charge in [-0.3, -0.25) is 4.79 Å². The Hall–Kier alpha value is -2.12. The van der Waals surface area contributed by atoms with Crippen molar-refractivity contribution in [3.8, 4) is 0 Å². The molecule has 1 amide bonds. The van der Waals surface area contributed by atoms with E-state index in [2.05, 4.69) is 41.9 Å². The zero-order valence-corrected chi connectivity index (χ0v) is 13.5. The second kappa shape index (κ2) is 7.24. The Labute approximate surface area is 132 Å². The maximum atomic E-state index is 12.5. The molecule has 0 fully saturated rings. The molecule has 116 valence electrons. The zero-order valence-electron chi connectivity index (χ0n) is 13.5. The maximum Gasteiger partial charge on any atom is 0.252 e. The quantitative estimate of drug-likeness (QED) is 0.759. The monoisotopic (exact) mass is 296 g/mol.